The molecule has 1 aliphatic heterocycles. The third-order valence-corrected chi connectivity index (χ3v) is 7.78. The molecule has 1 heterocycles. The number of hydrogen-bond donors (Lipinski definition) is 2. The van der Waals surface area contributed by atoms with Gasteiger partial charge in [-0.2, -0.15) is 0 Å². The van der Waals surface area contributed by atoms with Crippen molar-refractivity contribution >= 4 is 22.6 Å². The van der Waals surface area contributed by atoms with Crippen molar-refractivity contribution in [2.45, 2.75) is 43.7 Å². The molecule has 1 aliphatic carbocycles. The lowest BCUT2D eigenvalue weighted by Gasteiger charge is -2.54. The highest BCUT2D eigenvalue weighted by atomic mass is 16.5. The van der Waals surface area contributed by atoms with E-state index in [2.05, 4.69) is 23.3 Å². The highest BCUT2D eigenvalue weighted by Gasteiger charge is 2.51. The zero-order valence-electron chi connectivity index (χ0n) is 20.2. The molecule has 0 spiro atoms. The minimum Gasteiger partial charge on any atom is -0.427 e. The van der Waals surface area contributed by atoms with Crippen LogP contribution in [0, 0.1) is 5.92 Å². The number of ether oxygens (including phenoxy) is 1. The molecule has 1 amide bonds. The Bertz CT molecular complexity index is 1260. The van der Waals surface area contributed by atoms with E-state index in [-0.39, 0.29) is 29.3 Å². The van der Waals surface area contributed by atoms with Crippen molar-refractivity contribution in [1.29, 1.82) is 0 Å². The van der Waals surface area contributed by atoms with Gasteiger partial charge in [-0.15, -0.1) is 0 Å². The summed E-state index contributed by atoms with van der Waals surface area (Å²) in [6.07, 6.45) is 1.55. The van der Waals surface area contributed by atoms with E-state index < -0.39 is 6.10 Å². The second-order valence-corrected chi connectivity index (χ2v) is 10.1. The van der Waals surface area contributed by atoms with Gasteiger partial charge in [0.2, 0.25) is 0 Å². The molecule has 4 atom stereocenters. The van der Waals surface area contributed by atoms with Crippen molar-refractivity contribution in [2.24, 2.45) is 5.92 Å². The first kappa shape index (κ1) is 23.5. The van der Waals surface area contributed by atoms with Gasteiger partial charge in [-0.1, -0.05) is 42.5 Å². The normalized spacial score (nSPS) is 26.7. The summed E-state index contributed by atoms with van der Waals surface area (Å²) in [6, 6.07) is 21.2. The van der Waals surface area contributed by atoms with E-state index in [1.807, 2.05) is 54.6 Å². The van der Waals surface area contributed by atoms with Crippen molar-refractivity contribution in [2.75, 3.05) is 20.1 Å². The SMILES string of the molecule is CC(=O)Oc1cccc(C23CCN(C)CC2C(O)CC(NC(=O)c2ccc4ccccc4c2)C3)c1. The predicted octanol–water partition coefficient (Wildman–Crippen LogP) is 3.91. The first-order chi connectivity index (χ1) is 16.8. The molecule has 3 aromatic carbocycles. The van der Waals surface area contributed by atoms with Gasteiger partial charge in [-0.25, -0.2) is 0 Å². The molecule has 1 saturated carbocycles. The molecule has 182 valence electrons. The van der Waals surface area contributed by atoms with Crippen molar-refractivity contribution in [3.05, 3.63) is 77.9 Å². The number of esters is 1. The summed E-state index contributed by atoms with van der Waals surface area (Å²) < 4.78 is 5.37. The number of aliphatic hydroxyl groups excluding tert-OH is 1. The summed E-state index contributed by atoms with van der Waals surface area (Å²) in [4.78, 5) is 27.0. The van der Waals surface area contributed by atoms with Crippen LogP contribution in [0.3, 0.4) is 0 Å². The molecule has 1 saturated heterocycles. The number of carbonyl (C=O) groups is 2. The molecule has 2 aliphatic rings. The van der Waals surface area contributed by atoms with Crippen LogP contribution in [0.1, 0.15) is 42.1 Å². The predicted molar refractivity (Wildman–Crippen MR) is 135 cm³/mol. The summed E-state index contributed by atoms with van der Waals surface area (Å²) in [6.45, 7) is 3.07. The minimum atomic E-state index is -0.550. The fourth-order valence-electron chi connectivity index (χ4n) is 6.12. The minimum absolute atomic E-state index is 0.0302. The Balaban J connectivity index is 1.44. The molecule has 2 fully saturated rings. The van der Waals surface area contributed by atoms with Crippen LogP contribution in [0.5, 0.6) is 5.75 Å². The Morgan fingerprint density at radius 3 is 2.66 bits per heavy atom. The standard InChI is InChI=1S/C29H32N2O4/c1-19(32)35-25-9-5-8-23(15-25)29-12-13-31(2)18-26(29)27(33)16-24(17-29)30-28(34)22-11-10-20-6-3-4-7-21(20)14-22/h3-11,14-15,24,26-27,33H,12-13,16-18H2,1-2H3,(H,30,34). The van der Waals surface area contributed by atoms with E-state index in [0.29, 0.717) is 17.7 Å². The van der Waals surface area contributed by atoms with Gasteiger partial charge >= 0.3 is 5.97 Å². The van der Waals surface area contributed by atoms with E-state index in [0.717, 1.165) is 42.3 Å². The number of amides is 1. The lowest BCUT2D eigenvalue weighted by Crippen LogP contribution is -2.60. The maximum Gasteiger partial charge on any atom is 0.308 e. The molecule has 6 nitrogen and oxygen atoms in total. The van der Waals surface area contributed by atoms with Crippen molar-refractivity contribution in [3.8, 4) is 5.75 Å². The smallest absolute Gasteiger partial charge is 0.308 e. The highest BCUT2D eigenvalue weighted by Crippen LogP contribution is 2.49. The van der Waals surface area contributed by atoms with Crippen LogP contribution < -0.4 is 10.1 Å². The van der Waals surface area contributed by atoms with E-state index in [4.69, 9.17) is 4.74 Å². The van der Waals surface area contributed by atoms with E-state index in [9.17, 15) is 14.7 Å². The number of aliphatic hydroxyl groups is 1. The second-order valence-electron chi connectivity index (χ2n) is 10.1. The Morgan fingerprint density at radius 1 is 1.06 bits per heavy atom. The lowest BCUT2D eigenvalue weighted by atomic mass is 9.57. The van der Waals surface area contributed by atoms with Crippen LogP contribution in [-0.4, -0.2) is 54.2 Å². The van der Waals surface area contributed by atoms with E-state index >= 15 is 0 Å². The van der Waals surface area contributed by atoms with Crippen molar-refractivity contribution in [1.82, 2.24) is 10.2 Å². The zero-order valence-corrected chi connectivity index (χ0v) is 20.2. The number of rotatable bonds is 4. The molecule has 0 aromatic heterocycles. The summed E-state index contributed by atoms with van der Waals surface area (Å²) in [5.41, 5.74) is 1.36. The molecule has 5 rings (SSSR count). The van der Waals surface area contributed by atoms with Crippen molar-refractivity contribution in [3.63, 3.8) is 0 Å². The van der Waals surface area contributed by atoms with Crippen LogP contribution >= 0.6 is 0 Å². The quantitative estimate of drug-likeness (QED) is 0.445. The summed E-state index contributed by atoms with van der Waals surface area (Å²) in [5, 5.41) is 16.6. The lowest BCUT2D eigenvalue weighted by molar-refractivity contribution is -0.131. The number of hydrogen-bond acceptors (Lipinski definition) is 5. The van der Waals surface area contributed by atoms with E-state index in [1.165, 1.54) is 6.92 Å². The number of nitrogens with one attached hydrogen (secondary N) is 1. The summed E-state index contributed by atoms with van der Waals surface area (Å²) in [7, 11) is 2.08. The first-order valence-corrected chi connectivity index (χ1v) is 12.3. The fourth-order valence-corrected chi connectivity index (χ4v) is 6.12. The molecule has 0 radical (unpaired) electrons. The molecule has 6 heteroatoms. The molecule has 3 aromatic rings. The Hall–Kier alpha value is -3.22. The molecule has 2 N–H and O–H groups in total. The Kier molecular flexibility index (Phi) is 6.34. The fraction of sp³-hybridized carbons (Fsp3) is 0.379. The number of nitrogens with zero attached hydrogens (tertiary/aromatic N) is 1. The summed E-state index contributed by atoms with van der Waals surface area (Å²) >= 11 is 0. The van der Waals surface area contributed by atoms with Crippen molar-refractivity contribution < 1.29 is 19.4 Å². The number of fused-ring (bicyclic) bond motifs is 2. The topological polar surface area (TPSA) is 78.9 Å². The maximum atomic E-state index is 13.2. The van der Waals surface area contributed by atoms with Gasteiger partial charge in [0.25, 0.3) is 5.91 Å². The molecule has 4 unspecified atom stereocenters. The summed E-state index contributed by atoms with van der Waals surface area (Å²) in [5.74, 6) is 0.0634. The Morgan fingerprint density at radius 2 is 1.86 bits per heavy atom. The van der Waals surface area contributed by atoms with Crippen LogP contribution in [-0.2, 0) is 10.2 Å². The van der Waals surface area contributed by atoms with Crippen LogP contribution in [0.15, 0.2) is 66.7 Å². The largest absolute Gasteiger partial charge is 0.427 e. The molecular formula is C29H32N2O4. The average molecular weight is 473 g/mol. The van der Waals surface area contributed by atoms with Crippen LogP contribution in [0.2, 0.25) is 0 Å². The molecule has 35 heavy (non-hydrogen) atoms. The number of benzene rings is 3. The van der Waals surface area contributed by atoms with Gasteiger partial charge in [0.15, 0.2) is 0 Å². The molecule has 0 bridgehead atoms. The Labute approximate surface area is 205 Å². The highest BCUT2D eigenvalue weighted by molar-refractivity contribution is 5.98. The van der Waals surface area contributed by atoms with Gasteiger partial charge in [-0.05, 0) is 73.5 Å². The second kappa shape index (κ2) is 9.44. The maximum absolute atomic E-state index is 13.2. The van der Waals surface area contributed by atoms with Gasteiger partial charge in [-0.3, -0.25) is 9.59 Å². The van der Waals surface area contributed by atoms with Crippen LogP contribution in [0.4, 0.5) is 0 Å². The monoisotopic (exact) mass is 472 g/mol. The number of piperidine rings is 1. The number of likely N-dealkylation sites (tertiary alicyclic amines) is 1. The average Bonchev–Trinajstić information content (AvgIpc) is 2.84. The van der Waals surface area contributed by atoms with E-state index in [1.54, 1.807) is 6.07 Å². The van der Waals surface area contributed by atoms with Gasteiger partial charge in [0.1, 0.15) is 5.75 Å². The van der Waals surface area contributed by atoms with Gasteiger partial charge in [0, 0.05) is 36.4 Å². The van der Waals surface area contributed by atoms with Crippen LogP contribution in [0.25, 0.3) is 10.8 Å². The zero-order chi connectivity index (χ0) is 24.6. The van der Waals surface area contributed by atoms with Gasteiger partial charge < -0.3 is 20.1 Å². The third-order valence-electron chi connectivity index (χ3n) is 7.78. The molecular weight excluding hydrogens is 440 g/mol. The first-order valence-electron chi connectivity index (χ1n) is 12.3. The van der Waals surface area contributed by atoms with Gasteiger partial charge in [0.05, 0.1) is 6.10 Å². The third kappa shape index (κ3) is 4.68. The number of carbonyl (C=O) groups excluding carboxylic acids is 2.